The molecule has 1 aromatic rings. The third kappa shape index (κ3) is 2.51. The zero-order valence-corrected chi connectivity index (χ0v) is 9.22. The number of amides is 2. The molecule has 1 fully saturated rings. The third-order valence-corrected chi connectivity index (χ3v) is 2.53. The van der Waals surface area contributed by atoms with Crippen molar-refractivity contribution >= 4 is 17.9 Å². The number of carboxylic acid groups (broad SMARTS) is 1. The number of anilines is 1. The number of likely N-dealkylation sites (tertiary alicyclic amines) is 1. The Kier molecular flexibility index (Phi) is 3.33. The van der Waals surface area contributed by atoms with Crippen molar-refractivity contribution in [1.82, 2.24) is 20.1 Å². The number of aromatic nitrogens is 3. The van der Waals surface area contributed by atoms with Crippen molar-refractivity contribution in [3.63, 3.8) is 0 Å². The van der Waals surface area contributed by atoms with E-state index >= 15 is 0 Å². The molecule has 0 unspecified atom stereocenters. The summed E-state index contributed by atoms with van der Waals surface area (Å²) in [7, 11) is 0. The van der Waals surface area contributed by atoms with Gasteiger partial charge >= 0.3 is 12.0 Å². The molecule has 0 radical (unpaired) electrons. The number of hydrogen-bond acceptors (Lipinski definition) is 6. The minimum Gasteiger partial charge on any atom is -0.480 e. The maximum Gasteiger partial charge on any atom is 0.326 e. The molecule has 2 amide bonds. The number of carboxylic acids is 1. The number of carbonyl (C=O) groups is 2. The van der Waals surface area contributed by atoms with Gasteiger partial charge in [0.1, 0.15) is 6.04 Å². The Labute approximate surface area is 101 Å². The Morgan fingerprint density at radius 3 is 2.83 bits per heavy atom. The maximum absolute atomic E-state index is 11.8. The SMILES string of the molecule is O=C(O)[C@H]1C[C@@H](O)CN1C(=O)Nc1nccnn1. The van der Waals surface area contributed by atoms with Crippen molar-refractivity contribution in [1.29, 1.82) is 0 Å². The highest BCUT2D eigenvalue weighted by Crippen LogP contribution is 2.18. The molecule has 0 aromatic carbocycles. The van der Waals surface area contributed by atoms with Crippen LogP contribution in [0, 0.1) is 0 Å². The summed E-state index contributed by atoms with van der Waals surface area (Å²) in [6.45, 7) is -0.0386. The second-order valence-corrected chi connectivity index (χ2v) is 3.79. The van der Waals surface area contributed by atoms with Gasteiger partial charge in [0, 0.05) is 13.0 Å². The molecule has 0 saturated carbocycles. The minimum atomic E-state index is -1.16. The van der Waals surface area contributed by atoms with Crippen LogP contribution >= 0.6 is 0 Å². The predicted octanol–water partition coefficient (Wildman–Crippen LogP) is -1.08. The van der Waals surface area contributed by atoms with Crippen LogP contribution in [-0.4, -0.2) is 61.0 Å². The van der Waals surface area contributed by atoms with Crippen molar-refractivity contribution < 1.29 is 19.8 Å². The van der Waals surface area contributed by atoms with Crippen molar-refractivity contribution in [2.45, 2.75) is 18.6 Å². The van der Waals surface area contributed by atoms with Crippen LogP contribution in [-0.2, 0) is 4.79 Å². The maximum atomic E-state index is 11.8. The number of nitrogens with zero attached hydrogens (tertiary/aromatic N) is 4. The highest BCUT2D eigenvalue weighted by Gasteiger charge is 2.39. The smallest absolute Gasteiger partial charge is 0.326 e. The fourth-order valence-electron chi connectivity index (χ4n) is 1.74. The summed E-state index contributed by atoms with van der Waals surface area (Å²) in [6, 6.07) is -1.72. The first-order valence-corrected chi connectivity index (χ1v) is 5.20. The number of carbonyl (C=O) groups excluding carboxylic acids is 1. The molecule has 1 saturated heterocycles. The molecule has 2 heterocycles. The summed E-state index contributed by atoms with van der Waals surface area (Å²) < 4.78 is 0. The van der Waals surface area contributed by atoms with Crippen LogP contribution in [0.4, 0.5) is 10.7 Å². The van der Waals surface area contributed by atoms with E-state index in [1.165, 1.54) is 12.4 Å². The first-order valence-electron chi connectivity index (χ1n) is 5.20. The molecule has 9 heteroatoms. The Hall–Kier alpha value is -2.29. The molecule has 0 aliphatic carbocycles. The summed E-state index contributed by atoms with van der Waals surface area (Å²) in [5, 5.41) is 27.7. The van der Waals surface area contributed by atoms with Crippen LogP contribution in [0.25, 0.3) is 0 Å². The normalized spacial score (nSPS) is 22.8. The molecule has 18 heavy (non-hydrogen) atoms. The van der Waals surface area contributed by atoms with Gasteiger partial charge in [0.15, 0.2) is 0 Å². The number of hydrogen-bond donors (Lipinski definition) is 3. The number of aliphatic hydroxyl groups excluding tert-OH is 1. The predicted molar refractivity (Wildman–Crippen MR) is 57.6 cm³/mol. The van der Waals surface area contributed by atoms with Crippen LogP contribution in [0.1, 0.15) is 6.42 Å². The second kappa shape index (κ2) is 4.92. The number of rotatable bonds is 2. The second-order valence-electron chi connectivity index (χ2n) is 3.79. The molecule has 96 valence electrons. The quantitative estimate of drug-likeness (QED) is 0.611. The van der Waals surface area contributed by atoms with Gasteiger partial charge in [-0.2, -0.15) is 5.10 Å². The Balaban J connectivity index is 2.06. The fraction of sp³-hybridized carbons (Fsp3) is 0.444. The van der Waals surface area contributed by atoms with Crippen LogP contribution in [0.5, 0.6) is 0 Å². The van der Waals surface area contributed by atoms with E-state index < -0.39 is 24.1 Å². The molecular formula is C9H11N5O4. The van der Waals surface area contributed by atoms with Gasteiger partial charge in [-0.15, -0.1) is 5.10 Å². The van der Waals surface area contributed by atoms with Gasteiger partial charge in [0.25, 0.3) is 5.95 Å². The average Bonchev–Trinajstić information content (AvgIpc) is 2.73. The number of aliphatic carboxylic acids is 1. The summed E-state index contributed by atoms with van der Waals surface area (Å²) in [5.41, 5.74) is 0. The molecule has 0 spiro atoms. The molecule has 3 N–H and O–H groups in total. The first-order chi connectivity index (χ1) is 8.58. The van der Waals surface area contributed by atoms with E-state index in [1.807, 2.05) is 0 Å². The van der Waals surface area contributed by atoms with Gasteiger partial charge in [-0.25, -0.2) is 14.6 Å². The number of β-amino-alcohol motifs (C(OH)–C–C–N with tert-alkyl or cyclic N) is 1. The van der Waals surface area contributed by atoms with Crippen molar-refractivity contribution in [2.75, 3.05) is 11.9 Å². The summed E-state index contributed by atoms with van der Waals surface area (Å²) in [6.07, 6.45) is 1.86. The molecule has 0 bridgehead atoms. The Morgan fingerprint density at radius 1 is 1.44 bits per heavy atom. The minimum absolute atomic E-state index is 0.0106. The lowest BCUT2D eigenvalue weighted by atomic mass is 10.2. The van der Waals surface area contributed by atoms with E-state index in [-0.39, 0.29) is 18.9 Å². The lowest BCUT2D eigenvalue weighted by Gasteiger charge is -2.20. The monoisotopic (exact) mass is 253 g/mol. The van der Waals surface area contributed by atoms with Gasteiger partial charge < -0.3 is 15.1 Å². The summed E-state index contributed by atoms with van der Waals surface area (Å²) in [4.78, 5) is 27.5. The average molecular weight is 253 g/mol. The standard InChI is InChI=1S/C9H11N5O4/c15-5-3-6(7(16)17)14(4-5)9(18)12-8-10-1-2-11-13-8/h1-2,5-6,15H,3-4H2,(H,16,17)(H,10,12,13,18)/t5-,6-/m1/s1. The fourth-order valence-corrected chi connectivity index (χ4v) is 1.74. The van der Waals surface area contributed by atoms with Gasteiger partial charge in [-0.05, 0) is 0 Å². The lowest BCUT2D eigenvalue weighted by molar-refractivity contribution is -0.141. The van der Waals surface area contributed by atoms with Crippen LogP contribution in [0.3, 0.4) is 0 Å². The number of urea groups is 1. The number of aliphatic hydroxyl groups is 1. The Morgan fingerprint density at radius 2 is 2.22 bits per heavy atom. The van der Waals surface area contributed by atoms with Crippen LogP contribution < -0.4 is 5.32 Å². The summed E-state index contributed by atoms with van der Waals surface area (Å²) >= 11 is 0. The van der Waals surface area contributed by atoms with Crippen molar-refractivity contribution in [3.8, 4) is 0 Å². The van der Waals surface area contributed by atoms with Gasteiger partial charge in [0.2, 0.25) is 0 Å². The van der Waals surface area contributed by atoms with E-state index in [0.717, 1.165) is 4.90 Å². The highest BCUT2D eigenvalue weighted by molar-refractivity contribution is 5.91. The molecule has 1 aliphatic heterocycles. The largest absolute Gasteiger partial charge is 0.480 e. The zero-order valence-electron chi connectivity index (χ0n) is 9.22. The molecule has 2 atom stereocenters. The van der Waals surface area contributed by atoms with E-state index in [0.29, 0.717) is 0 Å². The van der Waals surface area contributed by atoms with E-state index in [4.69, 9.17) is 5.11 Å². The lowest BCUT2D eigenvalue weighted by Crippen LogP contribution is -2.43. The van der Waals surface area contributed by atoms with Gasteiger partial charge in [-0.1, -0.05) is 0 Å². The molecule has 1 aliphatic rings. The molecular weight excluding hydrogens is 242 g/mol. The number of nitrogens with one attached hydrogen (secondary N) is 1. The van der Waals surface area contributed by atoms with Crippen molar-refractivity contribution in [3.05, 3.63) is 12.4 Å². The molecule has 2 rings (SSSR count). The highest BCUT2D eigenvalue weighted by atomic mass is 16.4. The zero-order chi connectivity index (χ0) is 13.1. The van der Waals surface area contributed by atoms with E-state index in [1.54, 1.807) is 0 Å². The Bertz CT molecular complexity index is 454. The van der Waals surface area contributed by atoms with Gasteiger partial charge in [0.05, 0.1) is 18.5 Å². The van der Waals surface area contributed by atoms with E-state index in [2.05, 4.69) is 20.5 Å². The topological polar surface area (TPSA) is 129 Å². The molecule has 1 aromatic heterocycles. The third-order valence-electron chi connectivity index (χ3n) is 2.53. The van der Waals surface area contributed by atoms with Crippen LogP contribution in [0.2, 0.25) is 0 Å². The van der Waals surface area contributed by atoms with E-state index in [9.17, 15) is 14.7 Å². The van der Waals surface area contributed by atoms with Crippen molar-refractivity contribution in [2.24, 2.45) is 0 Å². The summed E-state index contributed by atoms with van der Waals surface area (Å²) in [5.74, 6) is -1.18. The first kappa shape index (κ1) is 12.2. The van der Waals surface area contributed by atoms with Gasteiger partial charge in [-0.3, -0.25) is 5.32 Å². The molecule has 9 nitrogen and oxygen atoms in total. The van der Waals surface area contributed by atoms with Crippen LogP contribution in [0.15, 0.2) is 12.4 Å².